The maximum atomic E-state index is 6.20. The molecule has 4 rings (SSSR count). The molecular weight excluding hydrogens is 258 g/mol. The van der Waals surface area contributed by atoms with E-state index < -0.39 is 0 Å². The molecule has 0 amide bonds. The fourth-order valence-electron chi connectivity index (χ4n) is 2.78. The summed E-state index contributed by atoms with van der Waals surface area (Å²) in [6.45, 7) is 4.22. The Bertz CT molecular complexity index is 946. The van der Waals surface area contributed by atoms with Crippen LogP contribution in [0.4, 0.5) is 0 Å². The lowest BCUT2D eigenvalue weighted by Gasteiger charge is -1.99. The fourth-order valence-corrected chi connectivity index (χ4v) is 2.99. The van der Waals surface area contributed by atoms with Gasteiger partial charge in [0.2, 0.25) is 0 Å². The zero-order valence-corrected chi connectivity index (χ0v) is 11.4. The number of aromatic amines is 1. The highest BCUT2D eigenvalue weighted by Crippen LogP contribution is 2.30. The summed E-state index contributed by atoms with van der Waals surface area (Å²) in [6.07, 6.45) is 1.98. The lowest BCUT2D eigenvalue weighted by atomic mass is 10.1. The molecule has 0 saturated heterocycles. The van der Waals surface area contributed by atoms with E-state index in [4.69, 9.17) is 11.6 Å². The third kappa shape index (κ3) is 1.36. The molecule has 0 unspecified atom stereocenters. The molecule has 0 fully saturated rings. The standard InChI is InChI=1S/C15H12ClN3/c1-8-6-9(2)12-10(7-8)13-15(17-12)19-5-3-4-11(16)14(19)18-13/h3-7,17H,1-2H3. The van der Waals surface area contributed by atoms with Crippen molar-refractivity contribution in [1.82, 2.24) is 14.4 Å². The number of hydrogen-bond donors (Lipinski definition) is 1. The largest absolute Gasteiger partial charge is 0.339 e. The molecule has 94 valence electrons. The minimum absolute atomic E-state index is 0.671. The number of fused-ring (bicyclic) bond motifs is 5. The van der Waals surface area contributed by atoms with Crippen molar-refractivity contribution in [3.63, 3.8) is 0 Å². The summed E-state index contributed by atoms with van der Waals surface area (Å²) in [4.78, 5) is 8.15. The average molecular weight is 270 g/mol. The molecule has 0 atom stereocenters. The van der Waals surface area contributed by atoms with Crippen molar-refractivity contribution in [2.75, 3.05) is 0 Å². The van der Waals surface area contributed by atoms with Crippen molar-refractivity contribution in [1.29, 1.82) is 0 Å². The van der Waals surface area contributed by atoms with Crippen LogP contribution in [0, 0.1) is 13.8 Å². The van der Waals surface area contributed by atoms with Crippen LogP contribution in [-0.4, -0.2) is 14.4 Å². The van der Waals surface area contributed by atoms with Crippen molar-refractivity contribution in [3.8, 4) is 0 Å². The van der Waals surface area contributed by atoms with Gasteiger partial charge in [-0.3, -0.25) is 4.40 Å². The summed E-state index contributed by atoms with van der Waals surface area (Å²) in [6, 6.07) is 8.14. The number of aryl methyl sites for hydroxylation is 2. The molecule has 0 aliphatic heterocycles. The van der Waals surface area contributed by atoms with Gasteiger partial charge in [0.1, 0.15) is 11.2 Å². The quantitative estimate of drug-likeness (QED) is 0.509. The molecule has 0 radical (unpaired) electrons. The molecule has 0 bridgehead atoms. The highest BCUT2D eigenvalue weighted by molar-refractivity contribution is 6.33. The lowest BCUT2D eigenvalue weighted by molar-refractivity contribution is 1.19. The van der Waals surface area contributed by atoms with Crippen LogP contribution in [0.15, 0.2) is 30.5 Å². The van der Waals surface area contributed by atoms with Gasteiger partial charge in [-0.25, -0.2) is 4.98 Å². The first-order chi connectivity index (χ1) is 9.15. The monoisotopic (exact) mass is 269 g/mol. The van der Waals surface area contributed by atoms with E-state index in [-0.39, 0.29) is 0 Å². The van der Waals surface area contributed by atoms with Crippen LogP contribution in [0.25, 0.3) is 27.7 Å². The average Bonchev–Trinajstić information content (AvgIpc) is 2.88. The van der Waals surface area contributed by atoms with Crippen molar-refractivity contribution < 1.29 is 0 Å². The Morgan fingerprint density at radius 2 is 2.11 bits per heavy atom. The summed E-state index contributed by atoms with van der Waals surface area (Å²) < 4.78 is 2.01. The zero-order chi connectivity index (χ0) is 13.1. The normalized spacial score (nSPS) is 11.9. The Kier molecular flexibility index (Phi) is 2.01. The molecule has 0 aliphatic rings. The van der Waals surface area contributed by atoms with Gasteiger partial charge in [-0.1, -0.05) is 23.2 Å². The highest BCUT2D eigenvalue weighted by atomic mass is 35.5. The smallest absolute Gasteiger partial charge is 0.157 e. The van der Waals surface area contributed by atoms with E-state index in [2.05, 4.69) is 35.9 Å². The predicted molar refractivity (Wildman–Crippen MR) is 79.0 cm³/mol. The predicted octanol–water partition coefficient (Wildman–Crippen LogP) is 4.24. The van der Waals surface area contributed by atoms with E-state index >= 15 is 0 Å². The SMILES string of the molecule is Cc1cc(C)c2[nH]c3c(nc4c(Cl)cccn43)c2c1. The summed E-state index contributed by atoms with van der Waals surface area (Å²) >= 11 is 6.20. The molecule has 19 heavy (non-hydrogen) atoms. The number of imidazole rings is 1. The van der Waals surface area contributed by atoms with E-state index in [1.54, 1.807) is 0 Å². The first-order valence-corrected chi connectivity index (χ1v) is 6.58. The first-order valence-electron chi connectivity index (χ1n) is 6.20. The van der Waals surface area contributed by atoms with Crippen molar-refractivity contribution >= 4 is 39.3 Å². The van der Waals surface area contributed by atoms with Crippen LogP contribution < -0.4 is 0 Å². The van der Waals surface area contributed by atoms with Gasteiger partial charge in [-0.05, 0) is 37.6 Å². The number of nitrogens with zero attached hydrogens (tertiary/aromatic N) is 2. The van der Waals surface area contributed by atoms with Crippen LogP contribution in [-0.2, 0) is 0 Å². The molecule has 3 aromatic heterocycles. The topological polar surface area (TPSA) is 33.1 Å². The second kappa shape index (κ2) is 3.52. The van der Waals surface area contributed by atoms with E-state index in [9.17, 15) is 0 Å². The number of nitrogens with one attached hydrogen (secondary N) is 1. The van der Waals surface area contributed by atoms with E-state index in [0.717, 1.165) is 27.7 Å². The number of halogens is 1. The van der Waals surface area contributed by atoms with E-state index in [1.807, 2.05) is 22.7 Å². The molecule has 0 aliphatic carbocycles. The molecule has 0 saturated carbocycles. The van der Waals surface area contributed by atoms with Crippen LogP contribution in [0.1, 0.15) is 11.1 Å². The summed E-state index contributed by atoms with van der Waals surface area (Å²) in [5, 5.41) is 1.83. The molecule has 4 aromatic rings. The summed E-state index contributed by atoms with van der Waals surface area (Å²) in [5.74, 6) is 0. The van der Waals surface area contributed by atoms with Crippen molar-refractivity contribution in [2.45, 2.75) is 13.8 Å². The molecule has 1 aromatic carbocycles. The fraction of sp³-hybridized carbons (Fsp3) is 0.133. The summed E-state index contributed by atoms with van der Waals surface area (Å²) in [7, 11) is 0. The Hall–Kier alpha value is -2.00. The maximum Gasteiger partial charge on any atom is 0.157 e. The van der Waals surface area contributed by atoms with E-state index in [1.165, 1.54) is 11.1 Å². The minimum atomic E-state index is 0.671. The van der Waals surface area contributed by atoms with E-state index in [0.29, 0.717) is 5.02 Å². The Morgan fingerprint density at radius 1 is 1.26 bits per heavy atom. The van der Waals surface area contributed by atoms with Gasteiger partial charge in [0.15, 0.2) is 5.65 Å². The third-order valence-electron chi connectivity index (χ3n) is 3.58. The van der Waals surface area contributed by atoms with Gasteiger partial charge < -0.3 is 4.98 Å². The molecule has 4 heteroatoms. The first kappa shape index (κ1) is 10.9. The highest BCUT2D eigenvalue weighted by Gasteiger charge is 2.14. The van der Waals surface area contributed by atoms with Gasteiger partial charge >= 0.3 is 0 Å². The van der Waals surface area contributed by atoms with Crippen LogP contribution in [0.3, 0.4) is 0 Å². The van der Waals surface area contributed by atoms with Gasteiger partial charge in [-0.2, -0.15) is 0 Å². The second-order valence-electron chi connectivity index (χ2n) is 4.99. The molecular formula is C15H12ClN3. The number of pyridine rings is 1. The molecule has 0 spiro atoms. The summed E-state index contributed by atoms with van der Waals surface area (Å²) in [5.41, 5.74) is 6.41. The van der Waals surface area contributed by atoms with Gasteiger partial charge in [-0.15, -0.1) is 0 Å². The number of hydrogen-bond acceptors (Lipinski definition) is 1. The molecule has 3 heterocycles. The zero-order valence-electron chi connectivity index (χ0n) is 10.7. The van der Waals surface area contributed by atoms with Crippen LogP contribution in [0.5, 0.6) is 0 Å². The van der Waals surface area contributed by atoms with Gasteiger partial charge in [0.05, 0.1) is 10.5 Å². The molecule has 1 N–H and O–H groups in total. The van der Waals surface area contributed by atoms with Crippen LogP contribution >= 0.6 is 11.6 Å². The van der Waals surface area contributed by atoms with Crippen molar-refractivity contribution in [3.05, 3.63) is 46.6 Å². The van der Waals surface area contributed by atoms with Crippen molar-refractivity contribution in [2.24, 2.45) is 0 Å². The van der Waals surface area contributed by atoms with Gasteiger partial charge in [0.25, 0.3) is 0 Å². The number of H-pyrrole nitrogens is 1. The molecule has 3 nitrogen and oxygen atoms in total. The Morgan fingerprint density at radius 3 is 2.95 bits per heavy atom. The number of rotatable bonds is 0. The third-order valence-corrected chi connectivity index (χ3v) is 3.88. The Balaban J connectivity index is 2.30. The van der Waals surface area contributed by atoms with Crippen LogP contribution in [0.2, 0.25) is 5.02 Å². The van der Waals surface area contributed by atoms with Gasteiger partial charge in [0, 0.05) is 11.6 Å². The second-order valence-corrected chi connectivity index (χ2v) is 5.40. The number of aromatic nitrogens is 3. The Labute approximate surface area is 114 Å². The minimum Gasteiger partial charge on any atom is -0.339 e. The number of benzene rings is 1. The maximum absolute atomic E-state index is 6.20. The lowest BCUT2D eigenvalue weighted by Crippen LogP contribution is -1.86.